The summed E-state index contributed by atoms with van der Waals surface area (Å²) in [6, 6.07) is 0. The number of hydrogen-bond donors (Lipinski definition) is 1. The number of likely N-dealkylation sites (N-methyl/N-ethyl adjacent to an activating group) is 1. The lowest BCUT2D eigenvalue weighted by molar-refractivity contribution is -0.870. The quantitative estimate of drug-likeness (QED) is 0.0211. The zero-order valence-electron chi connectivity index (χ0n) is 52.3. The molecule has 0 amide bonds. The van der Waals surface area contributed by atoms with Crippen LogP contribution in [0.4, 0.5) is 0 Å². The minimum Gasteiger partial charge on any atom is -0.477 e. The van der Waals surface area contributed by atoms with Crippen LogP contribution in [0.5, 0.6) is 0 Å². The van der Waals surface area contributed by atoms with Gasteiger partial charge in [-0.1, -0.05) is 273 Å². The van der Waals surface area contributed by atoms with E-state index in [1.807, 2.05) is 21.1 Å². The van der Waals surface area contributed by atoms with Gasteiger partial charge in [-0.05, 0) is 83.5 Å². The Morgan fingerprint density at radius 2 is 0.722 bits per heavy atom. The minimum absolute atomic E-state index is 0.183. The first-order valence-electron chi connectivity index (χ1n) is 33.1. The molecule has 0 aromatic heterocycles. The molecule has 0 heterocycles. The molecule has 0 aliphatic carbocycles. The molecule has 1 N–H and O–H groups in total. The van der Waals surface area contributed by atoms with E-state index in [1.54, 1.807) is 0 Å². The smallest absolute Gasteiger partial charge is 0.361 e. The third kappa shape index (κ3) is 62.2. The summed E-state index contributed by atoms with van der Waals surface area (Å²) in [5, 5.41) is 9.72. The zero-order valence-corrected chi connectivity index (χ0v) is 52.3. The number of ether oxygens (including phenoxy) is 4. The highest BCUT2D eigenvalue weighted by Gasteiger charge is 2.25. The first-order valence-corrected chi connectivity index (χ1v) is 33.1. The van der Waals surface area contributed by atoms with Crippen molar-refractivity contribution >= 4 is 17.9 Å². The van der Waals surface area contributed by atoms with Crippen molar-refractivity contribution < 1.29 is 42.9 Å². The highest BCUT2D eigenvalue weighted by molar-refractivity contribution is 5.71. The van der Waals surface area contributed by atoms with E-state index in [0.717, 1.165) is 89.9 Å². The number of allylic oxidation sites excluding steroid dienone is 12. The number of quaternary nitrogens is 1. The predicted molar refractivity (Wildman–Crippen MR) is 336 cm³/mol. The fraction of sp³-hybridized carbons (Fsp3) is 0.786. The van der Waals surface area contributed by atoms with Crippen LogP contribution in [0.2, 0.25) is 0 Å². The molecule has 0 aliphatic heterocycles. The number of rotatable bonds is 61. The third-order valence-electron chi connectivity index (χ3n) is 14.4. The van der Waals surface area contributed by atoms with Crippen LogP contribution in [0.1, 0.15) is 296 Å². The SMILES string of the molecule is CC/C=C\C/C=C\C/C=C\C/C=C\CCCCCCCCC(=O)OC(COC(=O)CCCCCCCCCCCCCCCCCCCCCCCCC/C=C\C/C=C\CCCCCCC)COC(OCC[N+](C)(C)C)C(=O)O. The number of carbonyl (C=O) groups excluding carboxylic acids is 2. The zero-order chi connectivity index (χ0) is 57.6. The van der Waals surface area contributed by atoms with Gasteiger partial charge in [-0.3, -0.25) is 9.59 Å². The Morgan fingerprint density at radius 3 is 1.08 bits per heavy atom. The molecule has 0 aromatic carbocycles. The normalized spacial score (nSPS) is 13.2. The monoisotopic (exact) mass is 1110 g/mol. The van der Waals surface area contributed by atoms with Crippen molar-refractivity contribution in [3.63, 3.8) is 0 Å². The van der Waals surface area contributed by atoms with Gasteiger partial charge in [0.25, 0.3) is 6.29 Å². The highest BCUT2D eigenvalue weighted by atomic mass is 16.7. The summed E-state index contributed by atoms with van der Waals surface area (Å²) in [5.41, 5.74) is 0. The van der Waals surface area contributed by atoms with E-state index >= 15 is 0 Å². The fourth-order valence-electron chi connectivity index (χ4n) is 9.39. The molecule has 0 saturated heterocycles. The Bertz CT molecular complexity index is 1520. The van der Waals surface area contributed by atoms with Gasteiger partial charge in [0.2, 0.25) is 0 Å². The number of carboxylic acids is 1. The van der Waals surface area contributed by atoms with E-state index in [4.69, 9.17) is 18.9 Å². The molecule has 0 radical (unpaired) electrons. The average molecular weight is 1110 g/mol. The molecule has 0 fully saturated rings. The molecule has 458 valence electrons. The maximum absolute atomic E-state index is 12.9. The number of unbranched alkanes of at least 4 members (excludes halogenated alkanes) is 34. The lowest BCUT2D eigenvalue weighted by Crippen LogP contribution is -2.40. The van der Waals surface area contributed by atoms with Gasteiger partial charge in [-0.2, -0.15) is 0 Å². The van der Waals surface area contributed by atoms with Crippen molar-refractivity contribution in [2.45, 2.75) is 309 Å². The Kier molecular flexibility index (Phi) is 58.3. The first-order chi connectivity index (χ1) is 38.6. The van der Waals surface area contributed by atoms with Crippen LogP contribution in [-0.2, 0) is 33.3 Å². The molecule has 0 rings (SSSR count). The molecule has 9 nitrogen and oxygen atoms in total. The summed E-state index contributed by atoms with van der Waals surface area (Å²) in [6.45, 7) is 4.76. The van der Waals surface area contributed by atoms with Crippen LogP contribution in [0.25, 0.3) is 0 Å². The largest absolute Gasteiger partial charge is 0.477 e. The van der Waals surface area contributed by atoms with Crippen LogP contribution in [-0.4, -0.2) is 87.4 Å². The molecule has 0 aromatic rings. The molecule has 0 spiro atoms. The van der Waals surface area contributed by atoms with Gasteiger partial charge in [0.15, 0.2) is 6.10 Å². The van der Waals surface area contributed by atoms with Crippen LogP contribution in [0, 0.1) is 0 Å². The van der Waals surface area contributed by atoms with Crippen molar-refractivity contribution in [2.24, 2.45) is 0 Å². The van der Waals surface area contributed by atoms with Crippen molar-refractivity contribution in [3.8, 4) is 0 Å². The van der Waals surface area contributed by atoms with Crippen molar-refractivity contribution in [3.05, 3.63) is 72.9 Å². The third-order valence-corrected chi connectivity index (χ3v) is 14.4. The lowest BCUT2D eigenvalue weighted by Gasteiger charge is -2.25. The standard InChI is InChI=1S/C70H125NO8/c1-6-8-10-12-14-16-18-20-22-24-26-27-28-29-30-31-32-33-34-35-36-37-38-39-40-41-43-44-46-48-50-52-54-56-58-60-67(72)77-64-66(65-78-70(69(74)75)76-63-62-71(3,4)5)79-68(73)61-59-57-55-53-51-49-47-45-42-25-23-21-19-17-15-13-11-9-7-2/h9,11,15,17-18,20-21,23-24,26,42,45,66,70H,6-8,10,12-14,16,19,22,25,27-41,43-44,46-65H2,1-5H3/p+1/b11-9-,17-15-,20-18-,23-21-,26-24-,45-42-. The van der Waals surface area contributed by atoms with Gasteiger partial charge in [0.1, 0.15) is 13.2 Å². The average Bonchev–Trinajstić information content (AvgIpc) is 3.42. The molecule has 0 saturated carbocycles. The van der Waals surface area contributed by atoms with E-state index in [1.165, 1.54) is 173 Å². The summed E-state index contributed by atoms with van der Waals surface area (Å²) >= 11 is 0. The first kappa shape index (κ1) is 75.7. The summed E-state index contributed by atoms with van der Waals surface area (Å²) in [5.74, 6) is -2.01. The summed E-state index contributed by atoms with van der Waals surface area (Å²) in [4.78, 5) is 37.5. The molecular formula is C70H126NO8+. The number of esters is 2. The van der Waals surface area contributed by atoms with E-state index in [2.05, 4.69) is 86.8 Å². The van der Waals surface area contributed by atoms with E-state index in [-0.39, 0.29) is 32.2 Å². The Hall–Kier alpha value is -3.27. The summed E-state index contributed by atoms with van der Waals surface area (Å²) in [7, 11) is 5.97. The van der Waals surface area contributed by atoms with Gasteiger partial charge in [-0.15, -0.1) is 0 Å². The van der Waals surface area contributed by atoms with E-state index in [0.29, 0.717) is 23.9 Å². The molecule has 0 aliphatic rings. The topological polar surface area (TPSA) is 108 Å². The molecule has 2 unspecified atom stereocenters. The van der Waals surface area contributed by atoms with Gasteiger partial charge in [-0.25, -0.2) is 4.79 Å². The van der Waals surface area contributed by atoms with Crippen molar-refractivity contribution in [1.29, 1.82) is 0 Å². The van der Waals surface area contributed by atoms with Crippen LogP contribution >= 0.6 is 0 Å². The second kappa shape index (κ2) is 60.8. The number of carboxylic acid groups (broad SMARTS) is 1. The van der Waals surface area contributed by atoms with Gasteiger partial charge in [0.05, 0.1) is 34.4 Å². The van der Waals surface area contributed by atoms with Crippen LogP contribution in [0.15, 0.2) is 72.9 Å². The second-order valence-electron chi connectivity index (χ2n) is 23.4. The Balaban J connectivity index is 4.05. The number of carbonyl (C=O) groups is 3. The number of aliphatic carboxylic acids is 1. The van der Waals surface area contributed by atoms with E-state index < -0.39 is 24.3 Å². The number of nitrogens with zero attached hydrogens (tertiary/aromatic N) is 1. The molecule has 79 heavy (non-hydrogen) atoms. The highest BCUT2D eigenvalue weighted by Crippen LogP contribution is 2.17. The molecule has 0 bridgehead atoms. The molecular weight excluding hydrogens is 983 g/mol. The number of hydrogen-bond acceptors (Lipinski definition) is 7. The maximum Gasteiger partial charge on any atom is 0.361 e. The molecule has 2 atom stereocenters. The van der Waals surface area contributed by atoms with Crippen LogP contribution < -0.4 is 0 Å². The fourth-order valence-corrected chi connectivity index (χ4v) is 9.39. The van der Waals surface area contributed by atoms with Gasteiger partial charge < -0.3 is 28.5 Å². The predicted octanol–water partition coefficient (Wildman–Crippen LogP) is 20.1. The van der Waals surface area contributed by atoms with Crippen molar-refractivity contribution in [1.82, 2.24) is 0 Å². The maximum atomic E-state index is 12.9. The summed E-state index contributed by atoms with van der Waals surface area (Å²) < 4.78 is 22.9. The Morgan fingerprint density at radius 1 is 0.392 bits per heavy atom. The molecule has 9 heteroatoms. The Labute approximate surface area is 487 Å². The minimum atomic E-state index is -1.52. The lowest BCUT2D eigenvalue weighted by atomic mass is 10.0. The van der Waals surface area contributed by atoms with Crippen LogP contribution in [0.3, 0.4) is 0 Å². The second-order valence-corrected chi connectivity index (χ2v) is 23.4. The van der Waals surface area contributed by atoms with Gasteiger partial charge >= 0.3 is 17.9 Å². The summed E-state index contributed by atoms with van der Waals surface area (Å²) in [6.07, 6.45) is 77.3. The van der Waals surface area contributed by atoms with E-state index in [9.17, 15) is 19.5 Å². The van der Waals surface area contributed by atoms with Gasteiger partial charge in [0, 0.05) is 12.8 Å². The van der Waals surface area contributed by atoms with Crippen molar-refractivity contribution in [2.75, 3.05) is 47.5 Å².